The van der Waals surface area contributed by atoms with Crippen molar-refractivity contribution in [1.82, 2.24) is 4.98 Å². The van der Waals surface area contributed by atoms with E-state index in [0.717, 1.165) is 12.8 Å². The Kier molecular flexibility index (Phi) is 7.25. The quantitative estimate of drug-likeness (QED) is 0.473. The minimum atomic E-state index is -3.01. The molecule has 0 radical (unpaired) electrons. The Hall–Kier alpha value is -2.49. The first-order valence-corrected chi connectivity index (χ1v) is 11.5. The molecule has 7 nitrogen and oxygen atoms in total. The molecule has 10 heteroatoms. The molecular formula is C24H27ClF2N2O5. The highest BCUT2D eigenvalue weighted by atomic mass is 35.5. The molecule has 2 aliphatic rings. The molecule has 1 aromatic heterocycles. The van der Waals surface area contributed by atoms with Crippen molar-refractivity contribution in [3.05, 3.63) is 46.7 Å². The van der Waals surface area contributed by atoms with Crippen molar-refractivity contribution in [2.45, 2.75) is 52.1 Å². The van der Waals surface area contributed by atoms with Crippen LogP contribution < -0.4 is 14.4 Å². The summed E-state index contributed by atoms with van der Waals surface area (Å²) in [6.07, 6.45) is 4.73. The summed E-state index contributed by atoms with van der Waals surface area (Å²) in [6, 6.07) is 4.17. The summed E-state index contributed by atoms with van der Waals surface area (Å²) in [4.78, 5) is 19.3. The van der Waals surface area contributed by atoms with E-state index >= 15 is 0 Å². The molecular weight excluding hydrogens is 470 g/mol. The zero-order valence-corrected chi connectivity index (χ0v) is 20.0. The number of carbonyl (C=O) groups excluding carboxylic acids is 1. The summed E-state index contributed by atoms with van der Waals surface area (Å²) < 4.78 is 47.7. The number of pyridine rings is 1. The lowest BCUT2D eigenvalue weighted by Gasteiger charge is -2.28. The standard InChI is InChI=1S/C24H27ClF2N2O5/c1-14-9-28-10-18(25)21(14)29(11-17-13-32-24(2,3)34-17)22(30)16-6-7-19(33-23(26)27)20(8-16)31-12-15-4-5-15/h6-10,15,17,23H,4-5,11-13H2,1-3H3. The average molecular weight is 497 g/mol. The molecule has 1 aromatic carbocycles. The highest BCUT2D eigenvalue weighted by Crippen LogP contribution is 2.36. The van der Waals surface area contributed by atoms with Gasteiger partial charge in [0.2, 0.25) is 0 Å². The topological polar surface area (TPSA) is 70.1 Å². The third-order valence-corrected chi connectivity index (χ3v) is 5.88. The van der Waals surface area contributed by atoms with Gasteiger partial charge in [0.25, 0.3) is 5.91 Å². The van der Waals surface area contributed by atoms with Crippen LogP contribution in [0.2, 0.25) is 5.02 Å². The molecule has 4 rings (SSSR count). The first-order chi connectivity index (χ1) is 16.1. The fourth-order valence-electron chi connectivity index (χ4n) is 3.79. The van der Waals surface area contributed by atoms with Crippen LogP contribution in [0.25, 0.3) is 0 Å². The van der Waals surface area contributed by atoms with E-state index in [2.05, 4.69) is 9.72 Å². The normalized spacial score (nSPS) is 19.3. The lowest BCUT2D eigenvalue weighted by molar-refractivity contribution is -0.137. The van der Waals surface area contributed by atoms with Crippen LogP contribution in [0.3, 0.4) is 0 Å². The van der Waals surface area contributed by atoms with Crippen LogP contribution in [-0.2, 0) is 9.47 Å². The van der Waals surface area contributed by atoms with Gasteiger partial charge in [-0.1, -0.05) is 11.6 Å². The van der Waals surface area contributed by atoms with Crippen molar-refractivity contribution >= 4 is 23.2 Å². The van der Waals surface area contributed by atoms with Gasteiger partial charge in [-0.3, -0.25) is 9.78 Å². The number of hydrogen-bond acceptors (Lipinski definition) is 6. The van der Waals surface area contributed by atoms with Crippen molar-refractivity contribution in [2.75, 3.05) is 24.7 Å². The summed E-state index contributed by atoms with van der Waals surface area (Å²) in [5.74, 6) is -0.807. The fourth-order valence-corrected chi connectivity index (χ4v) is 4.10. The molecule has 1 saturated carbocycles. The summed E-state index contributed by atoms with van der Waals surface area (Å²) in [5, 5.41) is 0.300. The van der Waals surface area contributed by atoms with E-state index in [4.69, 9.17) is 25.8 Å². The second-order valence-electron chi connectivity index (χ2n) is 8.95. The third kappa shape index (κ3) is 5.95. The zero-order chi connectivity index (χ0) is 24.5. The van der Waals surface area contributed by atoms with Gasteiger partial charge in [0.15, 0.2) is 17.3 Å². The number of hydrogen-bond donors (Lipinski definition) is 0. The second-order valence-corrected chi connectivity index (χ2v) is 9.35. The molecule has 1 aliphatic carbocycles. The summed E-state index contributed by atoms with van der Waals surface area (Å²) in [6.45, 7) is 3.23. The molecule has 1 atom stereocenters. The zero-order valence-electron chi connectivity index (χ0n) is 19.2. The largest absolute Gasteiger partial charge is 0.489 e. The van der Waals surface area contributed by atoms with E-state index in [1.54, 1.807) is 27.0 Å². The number of aryl methyl sites for hydroxylation is 1. The molecule has 0 spiro atoms. The number of anilines is 1. The van der Waals surface area contributed by atoms with Crippen molar-refractivity contribution < 1.29 is 32.5 Å². The number of nitrogens with zero attached hydrogens (tertiary/aromatic N) is 2. The van der Waals surface area contributed by atoms with Crippen LogP contribution in [0.5, 0.6) is 11.5 Å². The lowest BCUT2D eigenvalue weighted by atomic mass is 10.1. The van der Waals surface area contributed by atoms with Gasteiger partial charge in [0.05, 0.1) is 30.5 Å². The van der Waals surface area contributed by atoms with Crippen molar-refractivity contribution in [3.63, 3.8) is 0 Å². The first kappa shape index (κ1) is 24.6. The van der Waals surface area contributed by atoms with E-state index in [-0.39, 0.29) is 23.6 Å². The molecule has 2 fully saturated rings. The maximum absolute atomic E-state index is 13.7. The van der Waals surface area contributed by atoms with E-state index in [9.17, 15) is 13.6 Å². The smallest absolute Gasteiger partial charge is 0.387 e. The number of alkyl halides is 2. The molecule has 0 bridgehead atoms. The monoisotopic (exact) mass is 496 g/mol. The Morgan fingerprint density at radius 1 is 1.29 bits per heavy atom. The van der Waals surface area contributed by atoms with Crippen LogP contribution >= 0.6 is 11.6 Å². The number of amides is 1. The van der Waals surface area contributed by atoms with Gasteiger partial charge >= 0.3 is 6.61 Å². The maximum atomic E-state index is 13.7. The van der Waals surface area contributed by atoms with Crippen LogP contribution in [0, 0.1) is 12.8 Å². The first-order valence-electron chi connectivity index (χ1n) is 11.1. The van der Waals surface area contributed by atoms with Gasteiger partial charge in [0.1, 0.15) is 6.10 Å². The second kappa shape index (κ2) is 10.0. The van der Waals surface area contributed by atoms with E-state index < -0.39 is 24.4 Å². The fraction of sp³-hybridized carbons (Fsp3) is 0.500. The third-order valence-electron chi connectivity index (χ3n) is 5.60. The number of carbonyl (C=O) groups is 1. The number of rotatable bonds is 9. The van der Waals surface area contributed by atoms with Crippen LogP contribution in [0.4, 0.5) is 14.5 Å². The van der Waals surface area contributed by atoms with Gasteiger partial charge in [-0.05, 0) is 63.3 Å². The lowest BCUT2D eigenvalue weighted by Crippen LogP contribution is -2.40. The molecule has 1 aliphatic heterocycles. The molecule has 2 aromatic rings. The van der Waals surface area contributed by atoms with Crippen LogP contribution in [0.1, 0.15) is 42.6 Å². The minimum absolute atomic E-state index is 0.0946. The Balaban J connectivity index is 1.66. The van der Waals surface area contributed by atoms with E-state index in [0.29, 0.717) is 35.4 Å². The molecule has 1 unspecified atom stereocenters. The number of aromatic nitrogens is 1. The Morgan fingerprint density at radius 2 is 2.06 bits per heavy atom. The van der Waals surface area contributed by atoms with Gasteiger partial charge in [0, 0.05) is 18.0 Å². The van der Waals surface area contributed by atoms with Gasteiger partial charge < -0.3 is 23.8 Å². The minimum Gasteiger partial charge on any atom is -0.489 e. The molecule has 1 saturated heterocycles. The van der Waals surface area contributed by atoms with E-state index in [1.807, 2.05) is 0 Å². The van der Waals surface area contributed by atoms with Crippen molar-refractivity contribution in [3.8, 4) is 11.5 Å². The summed E-state index contributed by atoms with van der Waals surface area (Å²) in [5.41, 5.74) is 1.42. The maximum Gasteiger partial charge on any atom is 0.387 e. The number of halogens is 3. The van der Waals surface area contributed by atoms with Crippen molar-refractivity contribution in [1.29, 1.82) is 0 Å². The molecule has 184 valence electrons. The Morgan fingerprint density at radius 3 is 2.68 bits per heavy atom. The van der Waals surface area contributed by atoms with E-state index in [1.165, 1.54) is 29.3 Å². The number of ether oxygens (including phenoxy) is 4. The summed E-state index contributed by atoms with van der Waals surface area (Å²) >= 11 is 6.45. The molecule has 34 heavy (non-hydrogen) atoms. The van der Waals surface area contributed by atoms with Gasteiger partial charge in [-0.25, -0.2) is 0 Å². The van der Waals surface area contributed by atoms with Gasteiger partial charge in [-0.2, -0.15) is 8.78 Å². The highest BCUT2D eigenvalue weighted by Gasteiger charge is 2.36. The predicted octanol–water partition coefficient (Wildman–Crippen LogP) is 5.23. The summed E-state index contributed by atoms with van der Waals surface area (Å²) in [7, 11) is 0. The van der Waals surface area contributed by atoms with Gasteiger partial charge in [-0.15, -0.1) is 0 Å². The molecule has 2 heterocycles. The highest BCUT2D eigenvalue weighted by molar-refractivity contribution is 6.34. The van der Waals surface area contributed by atoms with Crippen LogP contribution in [0.15, 0.2) is 30.6 Å². The molecule has 0 N–H and O–H groups in total. The van der Waals surface area contributed by atoms with Crippen LogP contribution in [-0.4, -0.2) is 49.2 Å². The average Bonchev–Trinajstić information content (AvgIpc) is 3.53. The Bertz CT molecular complexity index is 1030. The Labute approximate surface area is 201 Å². The molecule has 1 amide bonds. The van der Waals surface area contributed by atoms with Crippen molar-refractivity contribution in [2.24, 2.45) is 5.92 Å². The SMILES string of the molecule is Cc1cncc(Cl)c1N(CC1COC(C)(C)O1)C(=O)c1ccc(OC(F)F)c(OCC2CC2)c1. The predicted molar refractivity (Wildman–Crippen MR) is 122 cm³/mol. The number of benzene rings is 1.